The molecule has 2 rings (SSSR count). The van der Waals surface area contributed by atoms with E-state index in [0.717, 1.165) is 0 Å². The summed E-state index contributed by atoms with van der Waals surface area (Å²) in [5.41, 5.74) is 2.38. The molecule has 0 saturated heterocycles. The number of para-hydroxylation sites is 1. The van der Waals surface area contributed by atoms with E-state index in [1.165, 1.54) is 22.8 Å². The molecule has 0 aliphatic heterocycles. The van der Waals surface area contributed by atoms with Crippen LogP contribution in [-0.2, 0) is 6.54 Å². The fourth-order valence-electron chi connectivity index (χ4n) is 1.99. The molecule has 23 heavy (non-hydrogen) atoms. The van der Waals surface area contributed by atoms with Gasteiger partial charge in [0.2, 0.25) is 5.88 Å². The van der Waals surface area contributed by atoms with Crippen LogP contribution >= 0.6 is 12.2 Å². The molecule has 118 valence electrons. The number of hydrogen-bond acceptors (Lipinski definition) is 5. The summed E-state index contributed by atoms with van der Waals surface area (Å²) in [4.78, 5) is 24.7. The molecule has 2 aromatic rings. The number of benzene rings is 1. The highest BCUT2D eigenvalue weighted by atomic mass is 32.1. The number of nitrogens with one attached hydrogen (secondary N) is 1. The number of nitrogens with zero attached hydrogens (tertiary/aromatic N) is 2. The molecule has 0 aliphatic carbocycles. The SMILES string of the molecule is CCn1c(O)c(C=C=Cc2ccccc2[N+](=O)[O-])c(=O)[nH]c1=S. The predicted molar refractivity (Wildman–Crippen MR) is 88.8 cm³/mol. The van der Waals surface area contributed by atoms with E-state index >= 15 is 0 Å². The fourth-order valence-corrected chi connectivity index (χ4v) is 2.30. The number of aromatic nitrogens is 2. The minimum atomic E-state index is -0.555. The number of aromatic hydroxyl groups is 1. The summed E-state index contributed by atoms with van der Waals surface area (Å²) in [6.45, 7) is 2.15. The summed E-state index contributed by atoms with van der Waals surface area (Å²) in [7, 11) is 0. The lowest BCUT2D eigenvalue weighted by atomic mass is 10.1. The van der Waals surface area contributed by atoms with Gasteiger partial charge in [-0.25, -0.2) is 0 Å². The Bertz CT molecular complexity index is 936. The van der Waals surface area contributed by atoms with E-state index in [4.69, 9.17) is 12.2 Å². The van der Waals surface area contributed by atoms with Gasteiger partial charge in [-0.1, -0.05) is 12.1 Å². The number of nitro benzene ring substituents is 1. The first-order valence-corrected chi connectivity index (χ1v) is 7.08. The van der Waals surface area contributed by atoms with Crippen molar-refractivity contribution in [1.29, 1.82) is 0 Å². The van der Waals surface area contributed by atoms with Crippen LogP contribution in [0.25, 0.3) is 12.2 Å². The maximum atomic E-state index is 11.9. The lowest BCUT2D eigenvalue weighted by Crippen LogP contribution is -2.16. The number of aromatic amines is 1. The second kappa shape index (κ2) is 6.87. The van der Waals surface area contributed by atoms with Crippen molar-refractivity contribution in [3.8, 4) is 5.88 Å². The molecule has 8 heteroatoms. The Morgan fingerprint density at radius 3 is 2.78 bits per heavy atom. The predicted octanol–water partition coefficient (Wildman–Crippen LogP) is 2.87. The lowest BCUT2D eigenvalue weighted by Gasteiger charge is -2.07. The Morgan fingerprint density at radius 1 is 1.43 bits per heavy atom. The van der Waals surface area contributed by atoms with Crippen molar-refractivity contribution in [1.82, 2.24) is 9.55 Å². The second-order valence-electron chi connectivity index (χ2n) is 4.51. The van der Waals surface area contributed by atoms with Gasteiger partial charge in [-0.3, -0.25) is 24.5 Å². The molecule has 7 nitrogen and oxygen atoms in total. The van der Waals surface area contributed by atoms with Crippen molar-refractivity contribution < 1.29 is 10.0 Å². The Balaban J connectivity index is 2.52. The molecule has 2 N–H and O–H groups in total. The molecule has 0 fully saturated rings. The molecular weight excluding hydrogens is 318 g/mol. The smallest absolute Gasteiger partial charge is 0.277 e. The Labute approximate surface area is 136 Å². The molecule has 0 radical (unpaired) electrons. The maximum absolute atomic E-state index is 11.9. The molecule has 1 heterocycles. The largest absolute Gasteiger partial charge is 0.494 e. The third kappa shape index (κ3) is 3.45. The van der Waals surface area contributed by atoms with Crippen LogP contribution in [0.2, 0.25) is 0 Å². The van der Waals surface area contributed by atoms with Crippen LogP contribution in [0.4, 0.5) is 5.69 Å². The number of H-pyrrole nitrogens is 1. The maximum Gasteiger partial charge on any atom is 0.277 e. The zero-order chi connectivity index (χ0) is 17.0. The van der Waals surface area contributed by atoms with Gasteiger partial charge in [0.15, 0.2) is 4.77 Å². The van der Waals surface area contributed by atoms with Gasteiger partial charge in [-0.2, -0.15) is 0 Å². The summed E-state index contributed by atoms with van der Waals surface area (Å²) >= 11 is 4.95. The van der Waals surface area contributed by atoms with Crippen molar-refractivity contribution in [2.24, 2.45) is 0 Å². The summed E-state index contributed by atoms with van der Waals surface area (Å²) < 4.78 is 1.48. The third-order valence-corrected chi connectivity index (χ3v) is 3.45. The molecule has 1 aromatic carbocycles. The summed E-state index contributed by atoms with van der Waals surface area (Å²) in [5, 5.41) is 21.0. The normalized spacial score (nSPS) is 9.96. The quantitative estimate of drug-likeness (QED) is 0.388. The molecular formula is C15H13N3O4S. The molecule has 0 bridgehead atoms. The number of rotatable bonds is 4. The standard InChI is InChI=1S/C15H13N3O4S/c1-2-17-14(20)11(13(19)16-15(17)23)8-5-7-10-6-3-4-9-12(10)18(21)22/h3-4,6-9,20H,2H2,1H3,(H,16,19,23). The first kappa shape index (κ1) is 16.4. The van der Waals surface area contributed by atoms with Crippen LogP contribution in [0.15, 0.2) is 34.8 Å². The number of hydrogen-bond donors (Lipinski definition) is 2. The highest BCUT2D eigenvalue weighted by Crippen LogP contribution is 2.19. The van der Waals surface area contributed by atoms with E-state index in [1.54, 1.807) is 25.1 Å². The van der Waals surface area contributed by atoms with Gasteiger partial charge in [0.1, 0.15) is 5.56 Å². The molecule has 0 unspecified atom stereocenters. The molecule has 1 aromatic heterocycles. The Morgan fingerprint density at radius 2 is 2.13 bits per heavy atom. The van der Waals surface area contributed by atoms with Crippen molar-refractivity contribution in [2.45, 2.75) is 13.5 Å². The van der Waals surface area contributed by atoms with Gasteiger partial charge in [0.25, 0.3) is 11.2 Å². The van der Waals surface area contributed by atoms with Crippen LogP contribution in [0.3, 0.4) is 0 Å². The van der Waals surface area contributed by atoms with Gasteiger partial charge < -0.3 is 5.11 Å². The van der Waals surface area contributed by atoms with Crippen molar-refractivity contribution in [3.05, 3.63) is 66.4 Å². The number of nitro groups is 1. The van der Waals surface area contributed by atoms with E-state index in [-0.39, 0.29) is 21.9 Å². The summed E-state index contributed by atoms with van der Waals surface area (Å²) in [6, 6.07) is 6.14. The van der Waals surface area contributed by atoms with Crippen LogP contribution < -0.4 is 5.56 Å². The third-order valence-electron chi connectivity index (χ3n) is 3.12. The Hall–Kier alpha value is -2.96. The van der Waals surface area contributed by atoms with Crippen molar-refractivity contribution >= 4 is 30.1 Å². The monoisotopic (exact) mass is 331 g/mol. The fraction of sp³-hybridized carbons (Fsp3) is 0.133. The van der Waals surface area contributed by atoms with Crippen molar-refractivity contribution in [3.63, 3.8) is 0 Å². The summed E-state index contributed by atoms with van der Waals surface area (Å²) in [5.74, 6) is -0.273. The average molecular weight is 331 g/mol. The topological polar surface area (TPSA) is 101 Å². The van der Waals surface area contributed by atoms with Gasteiger partial charge in [-0.15, -0.1) is 5.73 Å². The van der Waals surface area contributed by atoms with Crippen molar-refractivity contribution in [2.75, 3.05) is 0 Å². The minimum Gasteiger partial charge on any atom is -0.494 e. The average Bonchev–Trinajstić information content (AvgIpc) is 2.51. The van der Waals surface area contributed by atoms with E-state index in [9.17, 15) is 20.0 Å². The highest BCUT2D eigenvalue weighted by Gasteiger charge is 2.10. The van der Waals surface area contributed by atoms with Crippen LogP contribution in [-0.4, -0.2) is 19.6 Å². The molecule has 0 spiro atoms. The second-order valence-corrected chi connectivity index (χ2v) is 4.90. The zero-order valence-corrected chi connectivity index (χ0v) is 13.0. The summed E-state index contributed by atoms with van der Waals surface area (Å²) in [6.07, 6.45) is 2.63. The van der Waals surface area contributed by atoms with Crippen LogP contribution in [0, 0.1) is 14.9 Å². The molecule has 0 atom stereocenters. The highest BCUT2D eigenvalue weighted by molar-refractivity contribution is 7.71. The first-order valence-electron chi connectivity index (χ1n) is 6.67. The van der Waals surface area contributed by atoms with Gasteiger partial charge >= 0.3 is 0 Å². The van der Waals surface area contributed by atoms with Gasteiger partial charge in [0, 0.05) is 12.6 Å². The Kier molecular flexibility index (Phi) is 4.90. The first-order chi connectivity index (χ1) is 11.0. The molecule has 0 amide bonds. The van der Waals surface area contributed by atoms with E-state index in [1.807, 2.05) is 0 Å². The molecule has 0 saturated carbocycles. The van der Waals surface area contributed by atoms with Gasteiger partial charge in [-0.05, 0) is 37.4 Å². The van der Waals surface area contributed by atoms with Crippen LogP contribution in [0.1, 0.15) is 18.1 Å². The van der Waals surface area contributed by atoms with Gasteiger partial charge in [0.05, 0.1) is 10.5 Å². The zero-order valence-electron chi connectivity index (χ0n) is 12.1. The van der Waals surface area contributed by atoms with E-state index in [0.29, 0.717) is 12.1 Å². The van der Waals surface area contributed by atoms with E-state index in [2.05, 4.69) is 10.7 Å². The van der Waals surface area contributed by atoms with E-state index < -0.39 is 10.5 Å². The van der Waals surface area contributed by atoms with Crippen LogP contribution in [0.5, 0.6) is 5.88 Å². The minimum absolute atomic E-state index is 0.0183. The molecule has 0 aliphatic rings. The lowest BCUT2D eigenvalue weighted by molar-refractivity contribution is -0.385.